The Morgan fingerprint density at radius 1 is 1.19 bits per heavy atom. The molecule has 4 fully saturated rings. The van der Waals surface area contributed by atoms with E-state index in [1.807, 2.05) is 13.8 Å². The van der Waals surface area contributed by atoms with Gasteiger partial charge in [-0.3, -0.25) is 24.6 Å². The maximum atomic E-state index is 13.6. The highest BCUT2D eigenvalue weighted by molar-refractivity contribution is 5.94. The van der Waals surface area contributed by atoms with E-state index in [4.69, 9.17) is 0 Å². The number of likely N-dealkylation sites (tertiary alicyclic amines) is 1. The maximum absolute atomic E-state index is 13.6. The van der Waals surface area contributed by atoms with Crippen LogP contribution >= 0.6 is 0 Å². The molecule has 4 N–H and O–H groups in total. The fourth-order valence-electron chi connectivity index (χ4n) is 5.47. The molecule has 0 aromatic carbocycles. The van der Waals surface area contributed by atoms with Crippen molar-refractivity contribution in [2.75, 3.05) is 19.6 Å². The van der Waals surface area contributed by atoms with Crippen molar-refractivity contribution in [3.63, 3.8) is 0 Å². The number of piperidine rings is 1. The minimum atomic E-state index is -0.612. The average Bonchev–Trinajstić information content (AvgIpc) is 3.57. The highest BCUT2D eigenvalue weighted by Crippen LogP contribution is 2.64. The van der Waals surface area contributed by atoms with E-state index < -0.39 is 12.1 Å². The molecule has 2 saturated carbocycles. The lowest BCUT2D eigenvalue weighted by atomic mass is 9.95. The number of hydrazine groups is 1. The molecule has 2 heterocycles. The second-order valence-corrected chi connectivity index (χ2v) is 10.7. The fourth-order valence-corrected chi connectivity index (χ4v) is 5.47. The largest absolute Gasteiger partial charge is 0.356 e. The van der Waals surface area contributed by atoms with Crippen molar-refractivity contribution in [3.05, 3.63) is 0 Å². The quantitative estimate of drug-likeness (QED) is 0.376. The number of carbonyl (C=O) groups excluding carboxylic acids is 4. The zero-order valence-electron chi connectivity index (χ0n) is 19.6. The van der Waals surface area contributed by atoms with Crippen LogP contribution in [0.25, 0.3) is 0 Å². The van der Waals surface area contributed by atoms with E-state index in [-0.39, 0.29) is 58.6 Å². The Kier molecular flexibility index (Phi) is 6.22. The van der Waals surface area contributed by atoms with Crippen LogP contribution in [0.3, 0.4) is 0 Å². The first kappa shape index (κ1) is 23.0. The monoisotopic (exact) mass is 447 g/mol. The summed E-state index contributed by atoms with van der Waals surface area (Å²) in [6.45, 7) is 9.81. The lowest BCUT2D eigenvalue weighted by Crippen LogP contribution is -2.59. The van der Waals surface area contributed by atoms with Crippen molar-refractivity contribution in [2.24, 2.45) is 35.0 Å². The predicted octanol–water partition coefficient (Wildman–Crippen LogP) is 0.167. The summed E-state index contributed by atoms with van der Waals surface area (Å²) in [4.78, 5) is 52.7. The topological polar surface area (TPSA) is 120 Å². The first-order valence-corrected chi connectivity index (χ1v) is 12.1. The predicted molar refractivity (Wildman–Crippen MR) is 118 cm³/mol. The van der Waals surface area contributed by atoms with Gasteiger partial charge < -0.3 is 15.5 Å². The van der Waals surface area contributed by atoms with Gasteiger partial charge in [-0.05, 0) is 42.4 Å². The molecule has 0 aromatic heterocycles. The van der Waals surface area contributed by atoms with Crippen molar-refractivity contribution in [3.8, 4) is 0 Å². The van der Waals surface area contributed by atoms with Gasteiger partial charge in [-0.25, -0.2) is 5.43 Å². The van der Waals surface area contributed by atoms with Gasteiger partial charge >= 0.3 is 0 Å². The first-order chi connectivity index (χ1) is 15.2. The number of hydrogen-bond donors (Lipinski definition) is 4. The molecule has 9 heteroatoms. The van der Waals surface area contributed by atoms with Gasteiger partial charge in [-0.2, -0.15) is 0 Å². The third-order valence-corrected chi connectivity index (χ3v) is 8.21. The van der Waals surface area contributed by atoms with Crippen molar-refractivity contribution in [1.29, 1.82) is 0 Å². The molecule has 0 spiro atoms. The number of amides is 4. The van der Waals surface area contributed by atoms with Crippen LogP contribution in [0.2, 0.25) is 0 Å². The van der Waals surface area contributed by atoms with Crippen LogP contribution in [0.1, 0.15) is 53.4 Å². The summed E-state index contributed by atoms with van der Waals surface area (Å²) < 4.78 is 0. The van der Waals surface area contributed by atoms with Crippen LogP contribution in [-0.2, 0) is 19.2 Å². The number of hydrogen-bond acceptors (Lipinski definition) is 5. The third kappa shape index (κ3) is 4.23. The van der Waals surface area contributed by atoms with E-state index in [2.05, 4.69) is 35.3 Å². The van der Waals surface area contributed by atoms with Crippen LogP contribution in [0, 0.1) is 35.0 Å². The second kappa shape index (κ2) is 8.65. The van der Waals surface area contributed by atoms with E-state index in [0.29, 0.717) is 19.6 Å². The summed E-state index contributed by atoms with van der Waals surface area (Å²) in [5, 5.41) is 5.77. The summed E-state index contributed by atoms with van der Waals surface area (Å²) in [6.07, 6.45) is 3.26. The summed E-state index contributed by atoms with van der Waals surface area (Å²) in [5.74, 6) is -0.234. The van der Waals surface area contributed by atoms with E-state index in [1.54, 1.807) is 4.90 Å². The van der Waals surface area contributed by atoms with Gasteiger partial charge in [0.1, 0.15) is 12.1 Å². The van der Waals surface area contributed by atoms with E-state index in [1.165, 1.54) is 0 Å². The molecule has 4 amide bonds. The molecule has 0 bridgehead atoms. The van der Waals surface area contributed by atoms with Crippen molar-refractivity contribution in [1.82, 2.24) is 26.4 Å². The smallest absolute Gasteiger partial charge is 0.257 e. The zero-order chi connectivity index (χ0) is 23.2. The molecule has 32 heavy (non-hydrogen) atoms. The van der Waals surface area contributed by atoms with E-state index in [9.17, 15) is 19.2 Å². The molecule has 4 rings (SSSR count). The molecule has 2 saturated heterocycles. The molecule has 0 radical (unpaired) electrons. The Morgan fingerprint density at radius 2 is 1.91 bits per heavy atom. The van der Waals surface area contributed by atoms with E-state index in [0.717, 1.165) is 25.7 Å². The Balaban J connectivity index is 1.43. The van der Waals surface area contributed by atoms with E-state index >= 15 is 0 Å². The van der Waals surface area contributed by atoms with Crippen LogP contribution in [0.4, 0.5) is 0 Å². The van der Waals surface area contributed by atoms with Gasteiger partial charge in [0, 0.05) is 25.6 Å². The first-order valence-electron chi connectivity index (χ1n) is 12.1. The third-order valence-electron chi connectivity index (χ3n) is 8.21. The van der Waals surface area contributed by atoms with Crippen molar-refractivity contribution < 1.29 is 19.2 Å². The lowest BCUT2D eigenvalue weighted by Gasteiger charge is -2.34. The van der Waals surface area contributed by atoms with Crippen LogP contribution in [-0.4, -0.2) is 60.2 Å². The molecule has 6 atom stereocenters. The SMILES string of the molecule is CCC(C)C(NC(=O)C1CC1)C(=O)N1C[C@H]2[C@@H]([C@H]1C(=O)NNC[C@@H]1CCNC1=O)C2(C)C. The Labute approximate surface area is 189 Å². The highest BCUT2D eigenvalue weighted by atomic mass is 16.2. The van der Waals surface area contributed by atoms with Crippen molar-refractivity contribution >= 4 is 23.6 Å². The summed E-state index contributed by atoms with van der Waals surface area (Å²) >= 11 is 0. The zero-order valence-corrected chi connectivity index (χ0v) is 19.6. The second-order valence-electron chi connectivity index (χ2n) is 10.7. The number of nitrogens with zero attached hydrogens (tertiary/aromatic N) is 1. The van der Waals surface area contributed by atoms with Crippen LogP contribution in [0.15, 0.2) is 0 Å². The molecule has 2 unspecified atom stereocenters. The standard InChI is InChI=1S/C23H37N5O4/c1-5-12(2)17(26-20(30)13-6-7-13)22(32)28-11-15-16(23(15,3)4)18(28)21(31)27-25-10-14-8-9-24-19(14)29/h12-18,25H,5-11H2,1-4H3,(H,24,29)(H,26,30)(H,27,31)/t12?,14-,15-,16-,17?,18-/m0/s1. The lowest BCUT2D eigenvalue weighted by molar-refractivity contribution is -0.144. The molecule has 2 aliphatic carbocycles. The molecule has 9 nitrogen and oxygen atoms in total. The molecule has 0 aromatic rings. The number of nitrogens with one attached hydrogen (secondary N) is 4. The van der Waals surface area contributed by atoms with Gasteiger partial charge in [0.05, 0.1) is 5.92 Å². The Hall–Kier alpha value is -2.16. The minimum absolute atomic E-state index is 0.00407. The molecule has 178 valence electrons. The number of rotatable bonds is 9. The molecular weight excluding hydrogens is 410 g/mol. The average molecular weight is 448 g/mol. The highest BCUT2D eigenvalue weighted by Gasteiger charge is 2.69. The fraction of sp³-hybridized carbons (Fsp3) is 0.826. The van der Waals surface area contributed by atoms with Gasteiger partial charge in [0.15, 0.2) is 0 Å². The molecule has 4 aliphatic rings. The van der Waals surface area contributed by atoms with Crippen LogP contribution < -0.4 is 21.5 Å². The van der Waals surface area contributed by atoms with Gasteiger partial charge in [0.2, 0.25) is 17.7 Å². The summed E-state index contributed by atoms with van der Waals surface area (Å²) in [7, 11) is 0. The van der Waals surface area contributed by atoms with Gasteiger partial charge in [-0.1, -0.05) is 34.1 Å². The summed E-state index contributed by atoms with van der Waals surface area (Å²) in [5.41, 5.74) is 5.67. The Morgan fingerprint density at radius 3 is 2.50 bits per heavy atom. The maximum Gasteiger partial charge on any atom is 0.257 e. The normalized spacial score (nSPS) is 32.0. The van der Waals surface area contributed by atoms with Gasteiger partial charge in [0.25, 0.3) is 5.91 Å². The molecule has 2 aliphatic heterocycles. The van der Waals surface area contributed by atoms with Crippen LogP contribution in [0.5, 0.6) is 0 Å². The van der Waals surface area contributed by atoms with Crippen molar-refractivity contribution in [2.45, 2.75) is 65.5 Å². The summed E-state index contributed by atoms with van der Waals surface area (Å²) in [6, 6.07) is -1.18. The molecular formula is C23H37N5O4. The number of fused-ring (bicyclic) bond motifs is 1. The number of carbonyl (C=O) groups is 4. The minimum Gasteiger partial charge on any atom is -0.356 e. The Bertz CT molecular complexity index is 795. The van der Waals surface area contributed by atoms with Gasteiger partial charge in [-0.15, -0.1) is 0 Å².